The molecule has 9 heteroatoms. The van der Waals surface area contributed by atoms with Gasteiger partial charge in [-0.2, -0.15) is 0 Å². The molecule has 2 aromatic rings. The van der Waals surface area contributed by atoms with Crippen LogP contribution in [0.25, 0.3) is 0 Å². The average Bonchev–Trinajstić information content (AvgIpc) is 2.79. The predicted octanol–water partition coefficient (Wildman–Crippen LogP) is 4.93. The zero-order valence-corrected chi connectivity index (χ0v) is 22.8. The number of aryl methyl sites for hydroxylation is 1. The zero-order valence-electron chi connectivity index (χ0n) is 22.8. The van der Waals surface area contributed by atoms with Crippen molar-refractivity contribution >= 4 is 17.7 Å². The van der Waals surface area contributed by atoms with Gasteiger partial charge in [-0.05, 0) is 82.7 Å². The Morgan fingerprint density at radius 2 is 1.81 bits per heavy atom. The molecule has 1 fully saturated rings. The summed E-state index contributed by atoms with van der Waals surface area (Å²) in [6, 6.07) is 4.22. The number of carbonyl (C=O) groups excluding carboxylic acids is 1. The van der Waals surface area contributed by atoms with Gasteiger partial charge in [-0.1, -0.05) is 13.8 Å². The van der Waals surface area contributed by atoms with Crippen molar-refractivity contribution in [2.75, 3.05) is 11.4 Å². The van der Waals surface area contributed by atoms with E-state index in [4.69, 9.17) is 0 Å². The van der Waals surface area contributed by atoms with Crippen molar-refractivity contribution in [3.63, 3.8) is 0 Å². The van der Waals surface area contributed by atoms with Crippen LogP contribution in [0, 0.1) is 19.7 Å². The van der Waals surface area contributed by atoms with E-state index >= 15 is 0 Å². The molecule has 202 valence electrons. The largest absolute Gasteiger partial charge is 0.465 e. The second-order valence-electron chi connectivity index (χ2n) is 10.4. The number of aromatic nitrogens is 1. The fourth-order valence-electron chi connectivity index (χ4n) is 5.70. The molecule has 3 N–H and O–H groups in total. The lowest BCUT2D eigenvalue weighted by Gasteiger charge is -2.45. The third-order valence-electron chi connectivity index (χ3n) is 7.43. The Bertz CT molecular complexity index is 1210. The molecule has 1 aliphatic heterocycles. The quantitative estimate of drug-likeness (QED) is 0.486. The highest BCUT2D eigenvalue weighted by Gasteiger charge is 2.36. The summed E-state index contributed by atoms with van der Waals surface area (Å²) in [5.41, 5.74) is 3.35. The topological polar surface area (TPSA) is 106 Å². The number of nitrogens with one attached hydrogen (secondary N) is 2. The Labute approximate surface area is 217 Å². The number of aromatic amines is 1. The predicted molar refractivity (Wildman–Crippen MR) is 143 cm³/mol. The summed E-state index contributed by atoms with van der Waals surface area (Å²) < 4.78 is 14.8. The van der Waals surface area contributed by atoms with Crippen molar-refractivity contribution in [2.24, 2.45) is 0 Å². The van der Waals surface area contributed by atoms with E-state index < -0.39 is 17.8 Å². The van der Waals surface area contributed by atoms with E-state index in [0.29, 0.717) is 36.2 Å². The van der Waals surface area contributed by atoms with Crippen LogP contribution < -0.4 is 15.8 Å². The maximum absolute atomic E-state index is 14.8. The molecule has 8 nitrogen and oxygen atoms in total. The summed E-state index contributed by atoms with van der Waals surface area (Å²) in [7, 11) is 0. The van der Waals surface area contributed by atoms with Gasteiger partial charge in [-0.25, -0.2) is 9.18 Å². The first-order valence-electron chi connectivity index (χ1n) is 12.9. The van der Waals surface area contributed by atoms with Gasteiger partial charge in [0, 0.05) is 53.7 Å². The van der Waals surface area contributed by atoms with Gasteiger partial charge in [0.2, 0.25) is 0 Å². The standard InChI is InChI=1S/C28H39FN4O4/c1-8-32(21-10-17(5)33(28(36)37)18(6)11-21)25-13-20(29)12-23(19(25)7)26(34)30-14-24-22(15(2)3)9-16(4)31-27(24)35/h9,12-13,15,17-18,21H,8,10-11,14H2,1-7H3,(H,30,34)(H,31,35)(H,36,37)/t17-,18-/m1/s1. The Balaban J connectivity index is 1.89. The first kappa shape index (κ1) is 28.2. The van der Waals surface area contributed by atoms with Gasteiger partial charge in [0.1, 0.15) is 5.82 Å². The number of hydrogen-bond acceptors (Lipinski definition) is 4. The van der Waals surface area contributed by atoms with Crippen molar-refractivity contribution in [3.05, 3.63) is 62.3 Å². The summed E-state index contributed by atoms with van der Waals surface area (Å²) >= 11 is 0. The molecule has 0 bridgehead atoms. The molecular weight excluding hydrogens is 475 g/mol. The third kappa shape index (κ3) is 5.97. The first-order chi connectivity index (χ1) is 17.3. The molecule has 2 amide bonds. The number of anilines is 1. The van der Waals surface area contributed by atoms with Crippen molar-refractivity contribution in [1.29, 1.82) is 0 Å². The van der Waals surface area contributed by atoms with Gasteiger partial charge in [-0.3, -0.25) is 9.59 Å². The molecule has 2 heterocycles. The highest BCUT2D eigenvalue weighted by Crippen LogP contribution is 2.33. The van der Waals surface area contributed by atoms with E-state index in [2.05, 4.69) is 15.2 Å². The Kier molecular flexibility index (Phi) is 8.66. The number of carboxylic acid groups (broad SMARTS) is 1. The Morgan fingerprint density at radius 3 is 2.35 bits per heavy atom. The maximum atomic E-state index is 14.8. The molecule has 2 atom stereocenters. The number of likely N-dealkylation sites (tertiary alicyclic amines) is 1. The Hall–Kier alpha value is -3.36. The van der Waals surface area contributed by atoms with Crippen LogP contribution in [0.3, 0.4) is 0 Å². The molecule has 1 aromatic carbocycles. The van der Waals surface area contributed by atoms with Crippen molar-refractivity contribution in [1.82, 2.24) is 15.2 Å². The van der Waals surface area contributed by atoms with E-state index in [-0.39, 0.29) is 41.7 Å². The fourth-order valence-corrected chi connectivity index (χ4v) is 5.70. The van der Waals surface area contributed by atoms with Crippen molar-refractivity contribution < 1.29 is 19.1 Å². The van der Waals surface area contributed by atoms with E-state index in [9.17, 15) is 23.9 Å². The van der Waals surface area contributed by atoms with E-state index in [0.717, 1.165) is 11.3 Å². The van der Waals surface area contributed by atoms with Crippen LogP contribution in [0.4, 0.5) is 14.9 Å². The molecule has 0 aliphatic carbocycles. The highest BCUT2D eigenvalue weighted by atomic mass is 19.1. The van der Waals surface area contributed by atoms with Crippen molar-refractivity contribution in [2.45, 2.75) is 91.9 Å². The maximum Gasteiger partial charge on any atom is 0.407 e. The second-order valence-corrected chi connectivity index (χ2v) is 10.4. The molecule has 1 aromatic heterocycles. The van der Waals surface area contributed by atoms with Gasteiger partial charge >= 0.3 is 6.09 Å². The summed E-state index contributed by atoms with van der Waals surface area (Å²) in [5, 5.41) is 12.4. The van der Waals surface area contributed by atoms with Crippen molar-refractivity contribution in [3.8, 4) is 0 Å². The number of halogens is 1. The summed E-state index contributed by atoms with van der Waals surface area (Å²) in [4.78, 5) is 43.8. The van der Waals surface area contributed by atoms with Gasteiger partial charge < -0.3 is 25.2 Å². The van der Waals surface area contributed by atoms with Crippen LogP contribution in [0.1, 0.15) is 86.1 Å². The lowest BCUT2D eigenvalue weighted by molar-refractivity contribution is 0.0762. The minimum atomic E-state index is -0.935. The molecule has 0 unspecified atom stereocenters. The molecule has 3 rings (SSSR count). The summed E-state index contributed by atoms with van der Waals surface area (Å²) in [6.07, 6.45) is 0.280. The number of pyridine rings is 1. The molecule has 1 aliphatic rings. The molecule has 0 spiro atoms. The lowest BCUT2D eigenvalue weighted by atomic mass is 9.91. The van der Waals surface area contributed by atoms with Crippen LogP contribution in [0.2, 0.25) is 0 Å². The van der Waals surface area contributed by atoms with Gasteiger partial charge in [-0.15, -0.1) is 0 Å². The number of nitrogens with zero attached hydrogens (tertiary/aromatic N) is 2. The number of hydrogen-bond donors (Lipinski definition) is 3. The number of H-pyrrole nitrogens is 1. The molecule has 0 radical (unpaired) electrons. The van der Waals surface area contributed by atoms with Crippen LogP contribution in [0.15, 0.2) is 23.0 Å². The van der Waals surface area contributed by atoms with E-state index in [1.165, 1.54) is 17.0 Å². The van der Waals surface area contributed by atoms with Crippen LogP contribution in [-0.2, 0) is 6.54 Å². The van der Waals surface area contributed by atoms with E-state index in [1.807, 2.05) is 47.6 Å². The Morgan fingerprint density at radius 1 is 1.19 bits per heavy atom. The third-order valence-corrected chi connectivity index (χ3v) is 7.43. The van der Waals surface area contributed by atoms with Gasteiger partial charge in [0.05, 0.1) is 0 Å². The monoisotopic (exact) mass is 514 g/mol. The van der Waals surface area contributed by atoms with Crippen LogP contribution in [0.5, 0.6) is 0 Å². The average molecular weight is 515 g/mol. The summed E-state index contributed by atoms with van der Waals surface area (Å²) in [5.74, 6) is -0.874. The smallest absolute Gasteiger partial charge is 0.407 e. The number of amides is 2. The highest BCUT2D eigenvalue weighted by molar-refractivity contribution is 5.97. The number of benzene rings is 1. The molecular formula is C28H39FN4O4. The fraction of sp³-hybridized carbons (Fsp3) is 0.536. The number of piperidine rings is 1. The lowest BCUT2D eigenvalue weighted by Crippen LogP contribution is -2.55. The second kappa shape index (κ2) is 11.4. The van der Waals surface area contributed by atoms with Crippen LogP contribution >= 0.6 is 0 Å². The van der Waals surface area contributed by atoms with Gasteiger partial charge in [0.25, 0.3) is 11.5 Å². The van der Waals surface area contributed by atoms with E-state index in [1.54, 1.807) is 6.92 Å². The normalized spacial score (nSPS) is 19.7. The molecule has 0 saturated carbocycles. The number of carbonyl (C=O) groups is 2. The zero-order chi connectivity index (χ0) is 27.6. The van der Waals surface area contributed by atoms with Gasteiger partial charge in [0.15, 0.2) is 0 Å². The molecule has 1 saturated heterocycles. The minimum Gasteiger partial charge on any atom is -0.465 e. The number of rotatable bonds is 7. The van der Waals surface area contributed by atoms with Crippen LogP contribution in [-0.4, -0.2) is 51.7 Å². The SMILES string of the molecule is CCN(c1cc(F)cc(C(=O)NCc2c(C(C)C)cc(C)[nH]c2=O)c1C)C1C[C@@H](C)N(C(=O)O)[C@H](C)C1. The minimum absolute atomic E-state index is 0.00160. The molecule has 37 heavy (non-hydrogen) atoms. The summed E-state index contributed by atoms with van der Waals surface area (Å²) in [6.45, 7) is 14.0. The first-order valence-corrected chi connectivity index (χ1v) is 12.9.